The fourth-order valence-corrected chi connectivity index (χ4v) is 0.803. The molecule has 0 heterocycles. The zero-order valence-electron chi connectivity index (χ0n) is 8.89. The highest BCUT2D eigenvalue weighted by Gasteiger charge is 2.33. The highest BCUT2D eigenvalue weighted by molar-refractivity contribution is 6.18. The minimum Gasteiger partial charge on any atom is -0.389 e. The van der Waals surface area contributed by atoms with E-state index in [1.165, 1.54) is 0 Å². The summed E-state index contributed by atoms with van der Waals surface area (Å²) in [6.07, 6.45) is 3.84. The first-order chi connectivity index (χ1) is 5.81. The van der Waals surface area contributed by atoms with Gasteiger partial charge >= 0.3 is 0 Å². The summed E-state index contributed by atoms with van der Waals surface area (Å²) in [4.78, 5) is 0. The summed E-state index contributed by atoms with van der Waals surface area (Å²) in [5.41, 5.74) is -1.04. The van der Waals surface area contributed by atoms with Gasteiger partial charge in [0.25, 0.3) is 0 Å². The lowest BCUT2D eigenvalue weighted by atomic mass is 9.86. The summed E-state index contributed by atoms with van der Waals surface area (Å²) in [5, 5.41) is 13.0. The third kappa shape index (κ3) is 4.65. The molecule has 0 fully saturated rings. The van der Waals surface area contributed by atoms with E-state index in [4.69, 9.17) is 11.6 Å². The SMILES string of the molecule is CC(C)(O)C(C)(C)NC/C=C/CCl. The minimum absolute atomic E-state index is 0.302. The molecule has 0 bridgehead atoms. The van der Waals surface area contributed by atoms with Crippen LogP contribution >= 0.6 is 11.6 Å². The maximum absolute atomic E-state index is 9.79. The average Bonchev–Trinajstić information content (AvgIpc) is 1.96. The molecule has 0 amide bonds. The van der Waals surface area contributed by atoms with E-state index in [2.05, 4.69) is 5.32 Å². The predicted octanol–water partition coefficient (Wildman–Crippen LogP) is 1.92. The van der Waals surface area contributed by atoms with Gasteiger partial charge in [0, 0.05) is 18.0 Å². The normalized spacial score (nSPS) is 14.0. The molecule has 2 nitrogen and oxygen atoms in total. The van der Waals surface area contributed by atoms with Crippen LogP contribution < -0.4 is 5.32 Å². The molecule has 0 aromatic rings. The van der Waals surface area contributed by atoms with E-state index in [1.54, 1.807) is 13.8 Å². The van der Waals surface area contributed by atoms with Gasteiger partial charge in [0.15, 0.2) is 0 Å². The quantitative estimate of drug-likeness (QED) is 0.531. The van der Waals surface area contributed by atoms with E-state index in [0.717, 1.165) is 6.54 Å². The van der Waals surface area contributed by atoms with Crippen LogP contribution in [0.4, 0.5) is 0 Å². The third-order valence-corrected chi connectivity index (χ3v) is 2.63. The van der Waals surface area contributed by atoms with Crippen LogP contribution in [-0.4, -0.2) is 28.7 Å². The van der Waals surface area contributed by atoms with Crippen LogP contribution in [0.3, 0.4) is 0 Å². The van der Waals surface area contributed by atoms with Gasteiger partial charge in [-0.25, -0.2) is 0 Å². The topological polar surface area (TPSA) is 32.3 Å². The molecule has 78 valence electrons. The maximum atomic E-state index is 9.79. The number of alkyl halides is 1. The molecule has 3 heteroatoms. The highest BCUT2D eigenvalue weighted by atomic mass is 35.5. The average molecular weight is 206 g/mol. The monoisotopic (exact) mass is 205 g/mol. The fourth-order valence-electron chi connectivity index (χ4n) is 0.677. The third-order valence-electron chi connectivity index (χ3n) is 2.45. The lowest BCUT2D eigenvalue weighted by Crippen LogP contribution is -2.55. The van der Waals surface area contributed by atoms with Gasteiger partial charge in [-0.2, -0.15) is 0 Å². The van der Waals surface area contributed by atoms with Gasteiger partial charge in [-0.1, -0.05) is 12.2 Å². The van der Waals surface area contributed by atoms with Gasteiger partial charge in [-0.15, -0.1) is 11.6 Å². The second-order valence-electron chi connectivity index (χ2n) is 4.19. The van der Waals surface area contributed by atoms with E-state index < -0.39 is 5.60 Å². The Labute approximate surface area is 86.0 Å². The van der Waals surface area contributed by atoms with Gasteiger partial charge in [0.05, 0.1) is 5.60 Å². The molecule has 0 aromatic heterocycles. The lowest BCUT2D eigenvalue weighted by Gasteiger charge is -2.38. The molecule has 0 atom stereocenters. The zero-order valence-corrected chi connectivity index (χ0v) is 9.65. The number of aliphatic hydroxyl groups is 1. The minimum atomic E-state index is -0.734. The van der Waals surface area contributed by atoms with Gasteiger partial charge in [0.1, 0.15) is 0 Å². The van der Waals surface area contributed by atoms with Crippen molar-refractivity contribution in [2.24, 2.45) is 0 Å². The molecule has 0 unspecified atom stereocenters. The van der Waals surface area contributed by atoms with Crippen LogP contribution in [-0.2, 0) is 0 Å². The van der Waals surface area contributed by atoms with Crippen LogP contribution in [0.15, 0.2) is 12.2 Å². The Kier molecular flexibility index (Phi) is 4.97. The molecule has 0 aromatic carbocycles. The molecule has 0 aliphatic carbocycles. The summed E-state index contributed by atoms with van der Waals surface area (Å²) in [5.74, 6) is 0.532. The molecule has 0 aliphatic rings. The van der Waals surface area contributed by atoms with Crippen molar-refractivity contribution >= 4 is 11.6 Å². The lowest BCUT2D eigenvalue weighted by molar-refractivity contribution is -0.00272. The van der Waals surface area contributed by atoms with Crippen LogP contribution in [0, 0.1) is 0 Å². The number of nitrogens with one attached hydrogen (secondary N) is 1. The molecule has 0 saturated heterocycles. The van der Waals surface area contributed by atoms with E-state index in [1.807, 2.05) is 26.0 Å². The first-order valence-corrected chi connectivity index (χ1v) is 5.03. The number of allylic oxidation sites excluding steroid dienone is 1. The second-order valence-corrected chi connectivity index (χ2v) is 4.50. The zero-order chi connectivity index (χ0) is 10.5. The molecule has 0 aliphatic heterocycles. The van der Waals surface area contributed by atoms with Crippen molar-refractivity contribution in [1.29, 1.82) is 0 Å². The van der Waals surface area contributed by atoms with Crippen molar-refractivity contribution in [3.63, 3.8) is 0 Å². The second kappa shape index (κ2) is 4.99. The van der Waals surface area contributed by atoms with Crippen molar-refractivity contribution in [3.05, 3.63) is 12.2 Å². The molecule has 0 radical (unpaired) electrons. The summed E-state index contributed by atoms with van der Waals surface area (Å²) >= 11 is 5.48. The molecule has 0 spiro atoms. The summed E-state index contributed by atoms with van der Waals surface area (Å²) in [7, 11) is 0. The van der Waals surface area contributed by atoms with E-state index in [9.17, 15) is 5.11 Å². The van der Waals surface area contributed by atoms with Crippen LogP contribution in [0.2, 0.25) is 0 Å². The van der Waals surface area contributed by atoms with Crippen molar-refractivity contribution < 1.29 is 5.11 Å². The molecular weight excluding hydrogens is 186 g/mol. The largest absolute Gasteiger partial charge is 0.389 e. The fraction of sp³-hybridized carbons (Fsp3) is 0.800. The number of hydrogen-bond donors (Lipinski definition) is 2. The Morgan fingerprint density at radius 2 is 1.77 bits per heavy atom. The number of halogens is 1. The number of hydrogen-bond acceptors (Lipinski definition) is 2. The highest BCUT2D eigenvalue weighted by Crippen LogP contribution is 2.19. The van der Waals surface area contributed by atoms with Gasteiger partial charge < -0.3 is 10.4 Å². The van der Waals surface area contributed by atoms with Gasteiger partial charge in [0.2, 0.25) is 0 Å². The first kappa shape index (κ1) is 12.9. The van der Waals surface area contributed by atoms with E-state index >= 15 is 0 Å². The Balaban J connectivity index is 3.97. The molecule has 2 N–H and O–H groups in total. The standard InChI is InChI=1S/C10H20ClNO/c1-9(2,10(3,4)13)12-8-6-5-7-11/h5-6,12-13H,7-8H2,1-4H3/b6-5+. The van der Waals surface area contributed by atoms with Crippen molar-refractivity contribution in [1.82, 2.24) is 5.32 Å². The van der Waals surface area contributed by atoms with Crippen LogP contribution in [0.5, 0.6) is 0 Å². The maximum Gasteiger partial charge on any atom is 0.0767 e. The smallest absolute Gasteiger partial charge is 0.0767 e. The molecular formula is C10H20ClNO. The van der Waals surface area contributed by atoms with Crippen LogP contribution in [0.1, 0.15) is 27.7 Å². The van der Waals surface area contributed by atoms with Crippen molar-refractivity contribution in [3.8, 4) is 0 Å². The van der Waals surface area contributed by atoms with Gasteiger partial charge in [-0.05, 0) is 27.7 Å². The Morgan fingerprint density at radius 3 is 2.15 bits per heavy atom. The van der Waals surface area contributed by atoms with E-state index in [0.29, 0.717) is 5.88 Å². The van der Waals surface area contributed by atoms with Crippen molar-refractivity contribution in [2.75, 3.05) is 12.4 Å². The Morgan fingerprint density at radius 1 is 1.23 bits per heavy atom. The van der Waals surface area contributed by atoms with Gasteiger partial charge in [-0.3, -0.25) is 0 Å². The van der Waals surface area contributed by atoms with E-state index in [-0.39, 0.29) is 5.54 Å². The number of rotatable bonds is 5. The van der Waals surface area contributed by atoms with Crippen molar-refractivity contribution in [2.45, 2.75) is 38.8 Å². The molecule has 0 saturated carbocycles. The Hall–Kier alpha value is -0.0500. The first-order valence-electron chi connectivity index (χ1n) is 4.49. The van der Waals surface area contributed by atoms with Crippen LogP contribution in [0.25, 0.3) is 0 Å². The predicted molar refractivity (Wildman–Crippen MR) is 58.2 cm³/mol. The summed E-state index contributed by atoms with van der Waals surface area (Å²) < 4.78 is 0. The molecule has 13 heavy (non-hydrogen) atoms. The Bertz CT molecular complexity index is 170. The molecule has 0 rings (SSSR count). The summed E-state index contributed by atoms with van der Waals surface area (Å²) in [6, 6.07) is 0. The summed E-state index contributed by atoms with van der Waals surface area (Å²) in [6.45, 7) is 8.27.